The monoisotopic (exact) mass is 424 g/mol. The molecule has 0 heterocycles. The fourth-order valence-electron chi connectivity index (χ4n) is 2.73. The number of esters is 1. The van der Waals surface area contributed by atoms with Gasteiger partial charge in [0.25, 0.3) is 5.78 Å². The maximum absolute atomic E-state index is 12.3. The standard InChI is InChI=1S/C25H28O6/c1-5-25(3,4)24(29)31-16-19-9-6-8-17(2)21(19)10-7-15-30-20-13-11-18(12-14-20)22(26)23(27)28/h6-14H,5,15-16H2,1-4H3,(H,27,28). The third kappa shape index (κ3) is 6.54. The van der Waals surface area contributed by atoms with E-state index < -0.39 is 17.2 Å². The van der Waals surface area contributed by atoms with E-state index in [9.17, 15) is 14.4 Å². The van der Waals surface area contributed by atoms with Gasteiger partial charge in [-0.3, -0.25) is 9.59 Å². The molecule has 0 spiro atoms. The van der Waals surface area contributed by atoms with Gasteiger partial charge in [0.05, 0.1) is 5.41 Å². The number of carbonyl (C=O) groups excluding carboxylic acids is 2. The average Bonchev–Trinajstić information content (AvgIpc) is 2.75. The molecule has 0 saturated heterocycles. The zero-order valence-corrected chi connectivity index (χ0v) is 18.3. The maximum atomic E-state index is 12.3. The number of carboxylic acid groups (broad SMARTS) is 1. The van der Waals surface area contributed by atoms with Gasteiger partial charge in [-0.25, -0.2) is 4.79 Å². The molecule has 6 heteroatoms. The topological polar surface area (TPSA) is 89.9 Å². The zero-order valence-electron chi connectivity index (χ0n) is 18.3. The summed E-state index contributed by atoms with van der Waals surface area (Å²) in [5.41, 5.74) is 2.51. The highest BCUT2D eigenvalue weighted by Gasteiger charge is 2.27. The minimum absolute atomic E-state index is 0.0979. The van der Waals surface area contributed by atoms with E-state index in [0.29, 0.717) is 12.2 Å². The molecule has 0 aromatic heterocycles. The Labute approximate surface area is 182 Å². The SMILES string of the molecule is CCC(C)(C)C(=O)OCc1cccc(C)c1C=CCOc1ccc(C(=O)C(=O)O)cc1. The number of carbonyl (C=O) groups is 3. The number of aliphatic carboxylic acids is 1. The number of ketones is 1. The van der Waals surface area contributed by atoms with Crippen molar-refractivity contribution in [2.75, 3.05) is 6.61 Å². The van der Waals surface area contributed by atoms with E-state index in [1.165, 1.54) is 12.1 Å². The first kappa shape index (κ1) is 23.9. The van der Waals surface area contributed by atoms with Gasteiger partial charge in [0.2, 0.25) is 0 Å². The lowest BCUT2D eigenvalue weighted by Crippen LogP contribution is -2.25. The summed E-state index contributed by atoms with van der Waals surface area (Å²) in [6, 6.07) is 11.8. The molecule has 0 saturated carbocycles. The Balaban J connectivity index is 2.00. The predicted octanol–water partition coefficient (Wildman–Crippen LogP) is 4.83. The van der Waals surface area contributed by atoms with Crippen LogP contribution in [0.4, 0.5) is 0 Å². The Bertz CT molecular complexity index is 970. The Hall–Kier alpha value is -3.41. The first-order chi connectivity index (χ1) is 14.7. The van der Waals surface area contributed by atoms with E-state index in [-0.39, 0.29) is 24.7 Å². The molecule has 164 valence electrons. The third-order valence-electron chi connectivity index (χ3n) is 5.15. The average molecular weight is 424 g/mol. The summed E-state index contributed by atoms with van der Waals surface area (Å²) in [7, 11) is 0. The van der Waals surface area contributed by atoms with Crippen LogP contribution >= 0.6 is 0 Å². The summed E-state index contributed by atoms with van der Waals surface area (Å²) in [6.45, 7) is 8.16. The van der Waals surface area contributed by atoms with Crippen molar-refractivity contribution in [2.24, 2.45) is 5.41 Å². The van der Waals surface area contributed by atoms with Crippen LogP contribution in [0.25, 0.3) is 6.08 Å². The Morgan fingerprint density at radius 3 is 2.35 bits per heavy atom. The van der Waals surface area contributed by atoms with Crippen LogP contribution in [0.2, 0.25) is 0 Å². The maximum Gasteiger partial charge on any atom is 0.377 e. The molecule has 0 aliphatic rings. The smallest absolute Gasteiger partial charge is 0.377 e. The van der Waals surface area contributed by atoms with Crippen LogP contribution in [0.15, 0.2) is 48.5 Å². The van der Waals surface area contributed by atoms with E-state index in [1.54, 1.807) is 12.1 Å². The van der Waals surface area contributed by atoms with Crippen molar-refractivity contribution >= 4 is 23.8 Å². The minimum Gasteiger partial charge on any atom is -0.490 e. The number of rotatable bonds is 10. The van der Waals surface area contributed by atoms with Crippen molar-refractivity contribution in [3.8, 4) is 5.75 Å². The second kappa shape index (κ2) is 10.6. The molecule has 0 radical (unpaired) electrons. The summed E-state index contributed by atoms with van der Waals surface area (Å²) >= 11 is 0. The van der Waals surface area contributed by atoms with Crippen LogP contribution in [-0.2, 0) is 20.9 Å². The van der Waals surface area contributed by atoms with Crippen LogP contribution < -0.4 is 4.74 Å². The lowest BCUT2D eigenvalue weighted by atomic mass is 9.91. The molecule has 0 atom stereocenters. The van der Waals surface area contributed by atoms with Gasteiger partial charge in [-0.15, -0.1) is 0 Å². The first-order valence-electron chi connectivity index (χ1n) is 10.1. The second-order valence-electron chi connectivity index (χ2n) is 7.83. The number of hydrogen-bond acceptors (Lipinski definition) is 5. The lowest BCUT2D eigenvalue weighted by Gasteiger charge is -2.21. The van der Waals surface area contributed by atoms with Crippen molar-refractivity contribution in [1.29, 1.82) is 0 Å². The van der Waals surface area contributed by atoms with Crippen molar-refractivity contribution in [3.05, 3.63) is 70.8 Å². The normalized spacial score (nSPS) is 11.4. The molecular weight excluding hydrogens is 396 g/mol. The Kier molecular flexibility index (Phi) is 8.14. The molecule has 1 N–H and O–H groups in total. The van der Waals surface area contributed by atoms with Gasteiger partial charge in [-0.1, -0.05) is 31.2 Å². The molecule has 0 unspecified atom stereocenters. The molecular formula is C25H28O6. The van der Waals surface area contributed by atoms with Crippen molar-refractivity contribution in [2.45, 2.75) is 40.7 Å². The van der Waals surface area contributed by atoms with Gasteiger partial charge in [0.1, 0.15) is 19.0 Å². The molecule has 2 aromatic rings. The Morgan fingerprint density at radius 2 is 1.74 bits per heavy atom. The number of carboxylic acids is 1. The molecule has 0 amide bonds. The molecule has 0 fully saturated rings. The highest BCUT2D eigenvalue weighted by molar-refractivity contribution is 6.39. The minimum atomic E-state index is -1.49. The highest BCUT2D eigenvalue weighted by Crippen LogP contribution is 2.24. The van der Waals surface area contributed by atoms with Gasteiger partial charge in [-0.05, 0) is 74.2 Å². The largest absolute Gasteiger partial charge is 0.490 e. The molecule has 0 bridgehead atoms. The van der Waals surface area contributed by atoms with Gasteiger partial charge in [0.15, 0.2) is 0 Å². The Morgan fingerprint density at radius 1 is 1.06 bits per heavy atom. The fraction of sp³-hybridized carbons (Fsp3) is 0.320. The van der Waals surface area contributed by atoms with Gasteiger partial charge in [-0.2, -0.15) is 0 Å². The first-order valence-corrected chi connectivity index (χ1v) is 10.1. The molecule has 0 aliphatic heterocycles. The number of ether oxygens (including phenoxy) is 2. The summed E-state index contributed by atoms with van der Waals surface area (Å²) in [6.07, 6.45) is 4.47. The molecule has 2 aromatic carbocycles. The van der Waals surface area contributed by atoms with E-state index in [0.717, 1.165) is 16.7 Å². The van der Waals surface area contributed by atoms with E-state index in [2.05, 4.69) is 0 Å². The summed E-state index contributed by atoms with van der Waals surface area (Å²) in [4.78, 5) is 34.4. The third-order valence-corrected chi connectivity index (χ3v) is 5.15. The van der Waals surface area contributed by atoms with Crippen molar-refractivity contribution in [1.82, 2.24) is 0 Å². The van der Waals surface area contributed by atoms with Crippen LogP contribution in [-0.4, -0.2) is 29.4 Å². The number of Topliss-reactive ketones (excluding diaryl/α,β-unsaturated/α-hetero) is 1. The number of hydrogen-bond donors (Lipinski definition) is 1. The van der Waals surface area contributed by atoms with Gasteiger partial charge in [0, 0.05) is 5.56 Å². The number of benzene rings is 2. The highest BCUT2D eigenvalue weighted by atomic mass is 16.5. The molecule has 2 rings (SSSR count). The summed E-state index contributed by atoms with van der Waals surface area (Å²) < 4.78 is 11.2. The van der Waals surface area contributed by atoms with E-state index in [1.807, 2.05) is 58.0 Å². The van der Waals surface area contributed by atoms with Gasteiger partial charge >= 0.3 is 11.9 Å². The van der Waals surface area contributed by atoms with Crippen LogP contribution in [0.1, 0.15) is 54.2 Å². The van der Waals surface area contributed by atoms with E-state index in [4.69, 9.17) is 14.6 Å². The van der Waals surface area contributed by atoms with Crippen molar-refractivity contribution < 1.29 is 29.0 Å². The van der Waals surface area contributed by atoms with Crippen molar-refractivity contribution in [3.63, 3.8) is 0 Å². The molecule has 31 heavy (non-hydrogen) atoms. The molecule has 0 aliphatic carbocycles. The predicted molar refractivity (Wildman–Crippen MR) is 118 cm³/mol. The lowest BCUT2D eigenvalue weighted by molar-refractivity contribution is -0.155. The second-order valence-corrected chi connectivity index (χ2v) is 7.83. The van der Waals surface area contributed by atoms with Crippen LogP contribution in [0.5, 0.6) is 5.75 Å². The van der Waals surface area contributed by atoms with Crippen LogP contribution in [0.3, 0.4) is 0 Å². The summed E-state index contributed by atoms with van der Waals surface area (Å²) in [5.74, 6) is -2.15. The molecule has 6 nitrogen and oxygen atoms in total. The van der Waals surface area contributed by atoms with Gasteiger partial charge < -0.3 is 14.6 Å². The fourth-order valence-corrected chi connectivity index (χ4v) is 2.73. The zero-order chi connectivity index (χ0) is 23.0. The number of aryl methyl sites for hydroxylation is 1. The van der Waals surface area contributed by atoms with E-state index >= 15 is 0 Å². The van der Waals surface area contributed by atoms with Crippen LogP contribution in [0, 0.1) is 12.3 Å². The summed E-state index contributed by atoms with van der Waals surface area (Å²) in [5, 5.41) is 8.73. The quantitative estimate of drug-likeness (QED) is 0.334.